The van der Waals surface area contributed by atoms with Gasteiger partial charge in [0.2, 0.25) is 0 Å². The molecule has 3 nitrogen and oxygen atoms in total. The van der Waals surface area contributed by atoms with Gasteiger partial charge in [-0.1, -0.05) is 26.0 Å². The zero-order valence-corrected chi connectivity index (χ0v) is 13.4. The third-order valence-electron chi connectivity index (χ3n) is 3.90. The lowest BCUT2D eigenvalue weighted by Gasteiger charge is -2.29. The molecule has 1 aromatic carbocycles. The Kier molecular flexibility index (Phi) is 6.01. The van der Waals surface area contributed by atoms with Gasteiger partial charge < -0.3 is 10.4 Å². The number of nitrogens with one attached hydrogen (secondary N) is 1. The first-order valence-electron chi connectivity index (χ1n) is 6.64. The van der Waals surface area contributed by atoms with Crippen molar-refractivity contribution in [3.05, 3.63) is 33.8 Å². The van der Waals surface area contributed by atoms with E-state index in [0.717, 1.165) is 22.9 Å². The number of aliphatic hydroxyl groups excluding tert-OH is 1. The molecule has 0 saturated carbocycles. The molecular formula is C15H22BrNO2. The fourth-order valence-corrected chi connectivity index (χ4v) is 2.41. The van der Waals surface area contributed by atoms with Gasteiger partial charge in [0.1, 0.15) is 0 Å². The van der Waals surface area contributed by atoms with Gasteiger partial charge in [-0.2, -0.15) is 0 Å². The molecule has 0 heterocycles. The van der Waals surface area contributed by atoms with Gasteiger partial charge in [-0.3, -0.25) is 4.79 Å². The molecule has 0 bridgehead atoms. The number of carbonyl (C=O) groups is 1. The van der Waals surface area contributed by atoms with E-state index >= 15 is 0 Å². The topological polar surface area (TPSA) is 49.3 Å². The number of carbonyl (C=O) groups excluding carboxylic acids is 1. The number of halogens is 1. The first kappa shape index (κ1) is 16.2. The number of rotatable bonds is 6. The fourth-order valence-electron chi connectivity index (χ4n) is 1.97. The summed E-state index contributed by atoms with van der Waals surface area (Å²) in [4.78, 5) is 12.2. The van der Waals surface area contributed by atoms with Gasteiger partial charge in [0.15, 0.2) is 0 Å². The monoisotopic (exact) mass is 327 g/mol. The van der Waals surface area contributed by atoms with E-state index in [1.54, 1.807) is 6.07 Å². The van der Waals surface area contributed by atoms with E-state index < -0.39 is 0 Å². The number of hydrogen-bond donors (Lipinski definition) is 2. The molecule has 0 saturated heterocycles. The Morgan fingerprint density at radius 1 is 1.37 bits per heavy atom. The zero-order chi connectivity index (χ0) is 14.5. The van der Waals surface area contributed by atoms with Gasteiger partial charge in [0.05, 0.1) is 12.2 Å². The molecule has 19 heavy (non-hydrogen) atoms. The Hall–Kier alpha value is -0.870. The van der Waals surface area contributed by atoms with Crippen LogP contribution in [0, 0.1) is 12.3 Å². The quantitative estimate of drug-likeness (QED) is 0.842. The molecule has 106 valence electrons. The van der Waals surface area contributed by atoms with Crippen LogP contribution in [0.25, 0.3) is 0 Å². The summed E-state index contributed by atoms with van der Waals surface area (Å²) in [5.41, 5.74) is 1.46. The summed E-state index contributed by atoms with van der Waals surface area (Å²) >= 11 is 3.44. The lowest BCUT2D eigenvalue weighted by Crippen LogP contribution is -2.39. The number of amides is 1. The molecule has 0 radical (unpaired) electrons. The Morgan fingerprint density at radius 3 is 2.53 bits per heavy atom. The minimum absolute atomic E-state index is 0.0925. The Labute approximate surface area is 123 Å². The Morgan fingerprint density at radius 2 is 2.00 bits per heavy atom. The maximum atomic E-state index is 12.2. The Bertz CT molecular complexity index is 434. The van der Waals surface area contributed by atoms with Crippen LogP contribution in [0.1, 0.15) is 42.6 Å². The average molecular weight is 328 g/mol. The molecule has 0 spiro atoms. The maximum Gasteiger partial charge on any atom is 0.252 e. The van der Waals surface area contributed by atoms with Crippen molar-refractivity contribution in [1.29, 1.82) is 0 Å². The minimum atomic E-state index is -0.216. The smallest absolute Gasteiger partial charge is 0.252 e. The van der Waals surface area contributed by atoms with Crippen LogP contribution in [0.4, 0.5) is 0 Å². The van der Waals surface area contributed by atoms with E-state index in [4.69, 9.17) is 0 Å². The molecule has 0 aliphatic heterocycles. The average Bonchev–Trinajstić information content (AvgIpc) is 2.44. The molecule has 1 rings (SSSR count). The fraction of sp³-hybridized carbons (Fsp3) is 0.533. The first-order valence-corrected chi connectivity index (χ1v) is 7.43. The Balaban J connectivity index is 2.78. The highest BCUT2D eigenvalue weighted by Crippen LogP contribution is 2.25. The van der Waals surface area contributed by atoms with Crippen molar-refractivity contribution in [3.63, 3.8) is 0 Å². The lowest BCUT2D eigenvalue weighted by atomic mass is 9.83. The van der Waals surface area contributed by atoms with Gasteiger partial charge in [-0.25, -0.2) is 0 Å². The van der Waals surface area contributed by atoms with E-state index in [0.29, 0.717) is 12.1 Å². The standard InChI is InChI=1S/C15H22BrNO2/c1-4-15(5-2,10-18)9-17-14(19)12-8-6-7-11(3)13(12)16/h6-8,18H,4-5,9-10H2,1-3H3,(H,17,19). The van der Waals surface area contributed by atoms with Crippen LogP contribution < -0.4 is 5.32 Å². The molecule has 0 aliphatic carbocycles. The van der Waals surface area contributed by atoms with Crippen molar-refractivity contribution >= 4 is 21.8 Å². The summed E-state index contributed by atoms with van der Waals surface area (Å²) in [6.45, 7) is 6.62. The van der Waals surface area contributed by atoms with Crippen LogP contribution in [-0.4, -0.2) is 24.2 Å². The van der Waals surface area contributed by atoms with Crippen molar-refractivity contribution in [2.75, 3.05) is 13.2 Å². The number of hydrogen-bond acceptors (Lipinski definition) is 2. The van der Waals surface area contributed by atoms with Crippen LogP contribution in [-0.2, 0) is 0 Å². The van der Waals surface area contributed by atoms with Crippen LogP contribution in [0.2, 0.25) is 0 Å². The van der Waals surface area contributed by atoms with Crippen molar-refractivity contribution < 1.29 is 9.90 Å². The minimum Gasteiger partial charge on any atom is -0.396 e. The third kappa shape index (κ3) is 3.80. The summed E-state index contributed by atoms with van der Waals surface area (Å²) in [5, 5.41) is 12.4. The van der Waals surface area contributed by atoms with Crippen LogP contribution in [0.3, 0.4) is 0 Å². The summed E-state index contributed by atoms with van der Waals surface area (Å²) in [7, 11) is 0. The highest BCUT2D eigenvalue weighted by molar-refractivity contribution is 9.10. The van der Waals surface area contributed by atoms with Crippen molar-refractivity contribution in [3.8, 4) is 0 Å². The molecule has 2 N–H and O–H groups in total. The second-order valence-corrected chi connectivity index (χ2v) is 5.78. The zero-order valence-electron chi connectivity index (χ0n) is 11.8. The molecule has 0 atom stereocenters. The van der Waals surface area contributed by atoms with Gasteiger partial charge in [-0.15, -0.1) is 0 Å². The highest BCUT2D eigenvalue weighted by Gasteiger charge is 2.26. The van der Waals surface area contributed by atoms with Crippen molar-refractivity contribution in [1.82, 2.24) is 5.32 Å². The van der Waals surface area contributed by atoms with E-state index in [-0.39, 0.29) is 17.9 Å². The molecule has 1 aromatic rings. The van der Waals surface area contributed by atoms with Crippen molar-refractivity contribution in [2.45, 2.75) is 33.6 Å². The molecular weight excluding hydrogens is 306 g/mol. The molecule has 0 aliphatic rings. The van der Waals surface area contributed by atoms with Crippen molar-refractivity contribution in [2.24, 2.45) is 5.41 Å². The van der Waals surface area contributed by atoms with E-state index in [1.807, 2.05) is 32.9 Å². The normalized spacial score (nSPS) is 11.4. The molecule has 1 amide bonds. The first-order chi connectivity index (χ1) is 8.99. The highest BCUT2D eigenvalue weighted by atomic mass is 79.9. The molecule has 0 aromatic heterocycles. The SMILES string of the molecule is CCC(CC)(CO)CNC(=O)c1cccc(C)c1Br. The summed E-state index contributed by atoms with van der Waals surface area (Å²) in [6.07, 6.45) is 1.69. The molecule has 0 fully saturated rings. The van der Waals surface area contributed by atoms with E-state index in [2.05, 4.69) is 21.2 Å². The van der Waals surface area contributed by atoms with E-state index in [1.165, 1.54) is 0 Å². The molecule has 0 unspecified atom stereocenters. The van der Waals surface area contributed by atoms with Crippen LogP contribution in [0.5, 0.6) is 0 Å². The number of aliphatic hydroxyl groups is 1. The second-order valence-electron chi connectivity index (χ2n) is 4.98. The van der Waals surface area contributed by atoms with Gasteiger partial charge >= 0.3 is 0 Å². The number of aryl methyl sites for hydroxylation is 1. The van der Waals surface area contributed by atoms with Gasteiger partial charge in [0.25, 0.3) is 5.91 Å². The van der Waals surface area contributed by atoms with Gasteiger partial charge in [-0.05, 0) is 47.3 Å². The predicted octanol–water partition coefficient (Wildman–Crippen LogP) is 3.29. The third-order valence-corrected chi connectivity index (χ3v) is 4.95. The van der Waals surface area contributed by atoms with Crippen LogP contribution in [0.15, 0.2) is 22.7 Å². The molecule has 4 heteroatoms. The van der Waals surface area contributed by atoms with Crippen LogP contribution >= 0.6 is 15.9 Å². The summed E-state index contributed by atoms with van der Waals surface area (Å²) < 4.78 is 0.829. The summed E-state index contributed by atoms with van der Waals surface area (Å²) in [5.74, 6) is -0.102. The summed E-state index contributed by atoms with van der Waals surface area (Å²) in [6, 6.07) is 5.62. The number of benzene rings is 1. The predicted molar refractivity (Wildman–Crippen MR) is 81.3 cm³/mol. The lowest BCUT2D eigenvalue weighted by molar-refractivity contribution is 0.0850. The second kappa shape index (κ2) is 7.06. The van der Waals surface area contributed by atoms with E-state index in [9.17, 15) is 9.90 Å². The largest absolute Gasteiger partial charge is 0.396 e. The maximum absolute atomic E-state index is 12.2. The van der Waals surface area contributed by atoms with Gasteiger partial charge in [0, 0.05) is 16.4 Å².